The Hall–Kier alpha value is -1.95. The SMILES string of the molecule is O=C(O)Cn1c(-c2ccccc2)nc2c(Cl)cc(Cl)cc2c1=S. The maximum Gasteiger partial charge on any atom is 0.323 e. The quantitative estimate of drug-likeness (QED) is 0.676. The summed E-state index contributed by atoms with van der Waals surface area (Å²) in [6.07, 6.45) is 0. The van der Waals surface area contributed by atoms with E-state index >= 15 is 0 Å². The number of carboxylic acid groups (broad SMARTS) is 1. The van der Waals surface area contributed by atoms with Crippen molar-refractivity contribution >= 4 is 52.3 Å². The monoisotopic (exact) mass is 364 g/mol. The highest BCUT2D eigenvalue weighted by molar-refractivity contribution is 7.71. The summed E-state index contributed by atoms with van der Waals surface area (Å²) in [5.41, 5.74) is 1.26. The lowest BCUT2D eigenvalue weighted by molar-refractivity contribution is -0.137. The van der Waals surface area contributed by atoms with Gasteiger partial charge in [0.25, 0.3) is 0 Å². The number of benzene rings is 2. The van der Waals surface area contributed by atoms with E-state index in [1.54, 1.807) is 12.1 Å². The average molecular weight is 365 g/mol. The lowest BCUT2D eigenvalue weighted by atomic mass is 10.2. The minimum atomic E-state index is -1.01. The van der Waals surface area contributed by atoms with Gasteiger partial charge in [0.05, 0.1) is 10.5 Å². The number of hydrogen-bond donors (Lipinski definition) is 1. The minimum absolute atomic E-state index is 0.296. The summed E-state index contributed by atoms with van der Waals surface area (Å²) in [5, 5.41) is 10.5. The molecule has 0 amide bonds. The first kappa shape index (κ1) is 15.9. The van der Waals surface area contributed by atoms with Crippen LogP contribution in [0.4, 0.5) is 0 Å². The van der Waals surface area contributed by atoms with Gasteiger partial charge in [-0.15, -0.1) is 0 Å². The van der Waals surface area contributed by atoms with E-state index in [1.165, 1.54) is 4.57 Å². The number of aliphatic carboxylic acids is 1. The van der Waals surface area contributed by atoms with Crippen molar-refractivity contribution in [1.82, 2.24) is 9.55 Å². The van der Waals surface area contributed by atoms with Crippen LogP contribution in [0, 0.1) is 4.64 Å². The van der Waals surface area contributed by atoms with Crippen LogP contribution in [0.15, 0.2) is 42.5 Å². The van der Waals surface area contributed by atoms with Crippen molar-refractivity contribution in [1.29, 1.82) is 0 Å². The fraction of sp³-hybridized carbons (Fsp3) is 0.0625. The number of hydrogen-bond acceptors (Lipinski definition) is 3. The first-order valence-corrected chi connectivity index (χ1v) is 7.80. The van der Waals surface area contributed by atoms with Crippen LogP contribution < -0.4 is 0 Å². The van der Waals surface area contributed by atoms with Gasteiger partial charge in [0.2, 0.25) is 0 Å². The smallest absolute Gasteiger partial charge is 0.323 e. The summed E-state index contributed by atoms with van der Waals surface area (Å²) in [7, 11) is 0. The van der Waals surface area contributed by atoms with Gasteiger partial charge in [0, 0.05) is 16.0 Å². The van der Waals surface area contributed by atoms with Crippen molar-refractivity contribution in [2.45, 2.75) is 6.54 Å². The Morgan fingerprint density at radius 2 is 1.91 bits per heavy atom. The molecule has 0 fully saturated rings. The molecule has 1 heterocycles. The molecule has 0 atom stereocenters. The van der Waals surface area contributed by atoms with Crippen LogP contribution in [0.3, 0.4) is 0 Å². The molecule has 0 saturated carbocycles. The van der Waals surface area contributed by atoms with Crippen LogP contribution in [-0.4, -0.2) is 20.6 Å². The molecule has 3 aromatic rings. The van der Waals surface area contributed by atoms with Gasteiger partial charge in [0.15, 0.2) is 0 Å². The summed E-state index contributed by atoms with van der Waals surface area (Å²) in [6.45, 7) is -0.296. The molecule has 0 saturated heterocycles. The van der Waals surface area contributed by atoms with Crippen molar-refractivity contribution in [2.24, 2.45) is 0 Å². The molecule has 0 aliphatic rings. The Morgan fingerprint density at radius 1 is 1.22 bits per heavy atom. The normalized spacial score (nSPS) is 10.9. The van der Waals surface area contributed by atoms with E-state index in [0.717, 1.165) is 5.56 Å². The lowest BCUT2D eigenvalue weighted by Crippen LogP contribution is -2.14. The topological polar surface area (TPSA) is 55.1 Å². The maximum absolute atomic E-state index is 11.2. The number of carboxylic acids is 1. The summed E-state index contributed by atoms with van der Waals surface area (Å²) in [6, 6.07) is 12.5. The van der Waals surface area contributed by atoms with Gasteiger partial charge >= 0.3 is 5.97 Å². The van der Waals surface area contributed by atoms with E-state index in [1.807, 2.05) is 30.3 Å². The van der Waals surface area contributed by atoms with E-state index in [-0.39, 0.29) is 6.54 Å². The third-order valence-electron chi connectivity index (χ3n) is 3.30. The Bertz CT molecular complexity index is 971. The van der Waals surface area contributed by atoms with Gasteiger partial charge in [-0.05, 0) is 12.1 Å². The maximum atomic E-state index is 11.2. The molecule has 7 heteroatoms. The zero-order valence-electron chi connectivity index (χ0n) is 11.7. The van der Waals surface area contributed by atoms with Gasteiger partial charge in [-0.2, -0.15) is 0 Å². The van der Waals surface area contributed by atoms with E-state index < -0.39 is 5.97 Å². The lowest BCUT2D eigenvalue weighted by Gasteiger charge is -2.14. The zero-order chi connectivity index (χ0) is 16.6. The highest BCUT2D eigenvalue weighted by Gasteiger charge is 2.15. The van der Waals surface area contributed by atoms with Gasteiger partial charge < -0.3 is 9.67 Å². The molecule has 1 aromatic heterocycles. The van der Waals surface area contributed by atoms with Gasteiger partial charge in [-0.3, -0.25) is 4.79 Å². The van der Waals surface area contributed by atoms with Crippen molar-refractivity contribution in [3.8, 4) is 11.4 Å². The van der Waals surface area contributed by atoms with Crippen molar-refractivity contribution in [2.75, 3.05) is 0 Å². The highest BCUT2D eigenvalue weighted by Crippen LogP contribution is 2.30. The van der Waals surface area contributed by atoms with Crippen LogP contribution in [-0.2, 0) is 11.3 Å². The fourth-order valence-electron chi connectivity index (χ4n) is 2.34. The number of rotatable bonds is 3. The molecule has 3 rings (SSSR count). The average Bonchev–Trinajstić information content (AvgIpc) is 2.51. The predicted molar refractivity (Wildman–Crippen MR) is 93.7 cm³/mol. The number of aromatic nitrogens is 2. The second-order valence-electron chi connectivity index (χ2n) is 4.87. The Morgan fingerprint density at radius 3 is 2.57 bits per heavy atom. The number of nitrogens with zero attached hydrogens (tertiary/aromatic N) is 2. The number of halogens is 2. The molecule has 0 aliphatic carbocycles. The van der Waals surface area contributed by atoms with E-state index in [2.05, 4.69) is 4.98 Å². The van der Waals surface area contributed by atoms with Crippen molar-refractivity contribution < 1.29 is 9.90 Å². The van der Waals surface area contributed by atoms with E-state index in [0.29, 0.717) is 31.4 Å². The molecule has 1 N–H and O–H groups in total. The second kappa shape index (κ2) is 6.28. The molecule has 0 aliphatic heterocycles. The Balaban J connectivity index is 2.42. The van der Waals surface area contributed by atoms with Crippen LogP contribution in [0.1, 0.15) is 0 Å². The molecule has 4 nitrogen and oxygen atoms in total. The predicted octanol–water partition coefficient (Wildman–Crippen LogP) is 4.82. The Labute approximate surface area is 146 Å². The number of fused-ring (bicyclic) bond motifs is 1. The van der Waals surface area contributed by atoms with Gasteiger partial charge in [-0.25, -0.2) is 4.98 Å². The molecule has 0 bridgehead atoms. The van der Waals surface area contributed by atoms with Gasteiger partial charge in [-0.1, -0.05) is 65.8 Å². The van der Waals surface area contributed by atoms with Crippen LogP contribution >= 0.6 is 35.4 Å². The summed E-state index contributed by atoms with van der Waals surface area (Å²) in [4.78, 5) is 15.8. The van der Waals surface area contributed by atoms with Crippen molar-refractivity contribution in [3.05, 3.63) is 57.2 Å². The summed E-state index contributed by atoms with van der Waals surface area (Å²) in [5.74, 6) is -0.553. The molecule has 0 spiro atoms. The second-order valence-corrected chi connectivity index (χ2v) is 6.10. The third-order valence-corrected chi connectivity index (χ3v) is 4.25. The first-order chi connectivity index (χ1) is 11.0. The molecule has 2 aromatic carbocycles. The van der Waals surface area contributed by atoms with Gasteiger partial charge in [0.1, 0.15) is 17.0 Å². The summed E-state index contributed by atoms with van der Waals surface area (Å²) >= 11 is 17.7. The molecule has 116 valence electrons. The fourth-order valence-corrected chi connectivity index (χ4v) is 3.18. The van der Waals surface area contributed by atoms with E-state index in [9.17, 15) is 9.90 Å². The molecule has 23 heavy (non-hydrogen) atoms. The van der Waals surface area contributed by atoms with Crippen molar-refractivity contribution in [3.63, 3.8) is 0 Å². The van der Waals surface area contributed by atoms with Crippen LogP contribution in [0.25, 0.3) is 22.3 Å². The standard InChI is InChI=1S/C16H10Cl2N2O2S/c17-10-6-11-14(12(18)7-10)19-15(9-4-2-1-3-5-9)20(16(11)23)8-13(21)22/h1-7H,8H2,(H,21,22). The minimum Gasteiger partial charge on any atom is -0.480 e. The molecule has 0 radical (unpaired) electrons. The third kappa shape index (κ3) is 3.08. The molecular formula is C16H10Cl2N2O2S. The van der Waals surface area contributed by atoms with E-state index in [4.69, 9.17) is 35.4 Å². The zero-order valence-corrected chi connectivity index (χ0v) is 14.0. The van der Waals surface area contributed by atoms with Crippen LogP contribution in [0.2, 0.25) is 10.0 Å². The molecular weight excluding hydrogens is 355 g/mol. The molecule has 0 unspecified atom stereocenters. The summed E-state index contributed by atoms with van der Waals surface area (Å²) < 4.78 is 1.81. The first-order valence-electron chi connectivity index (χ1n) is 6.64. The largest absolute Gasteiger partial charge is 0.480 e. The highest BCUT2D eigenvalue weighted by atomic mass is 35.5. The Kier molecular flexibility index (Phi) is 4.35. The van der Waals surface area contributed by atoms with Crippen LogP contribution in [0.5, 0.6) is 0 Å². The number of carbonyl (C=O) groups is 1.